The van der Waals surface area contributed by atoms with E-state index in [0.29, 0.717) is 36.3 Å². The highest BCUT2D eigenvalue weighted by Crippen LogP contribution is 2.29. The van der Waals surface area contributed by atoms with Gasteiger partial charge in [-0.25, -0.2) is 0 Å². The summed E-state index contributed by atoms with van der Waals surface area (Å²) in [7, 11) is 0. The number of anilines is 1. The molecular weight excluding hydrogens is 328 g/mol. The Kier molecular flexibility index (Phi) is 3.81. The number of hydrogen-bond donors (Lipinski definition) is 0. The van der Waals surface area contributed by atoms with E-state index in [1.165, 1.54) is 0 Å². The van der Waals surface area contributed by atoms with Crippen molar-refractivity contribution in [2.45, 2.75) is 12.8 Å². The Bertz CT molecular complexity index is 822. The number of halogens is 1. The fraction of sp³-hybridized carbons (Fsp3) is 0.471. The molecule has 2 aliphatic heterocycles. The molecule has 7 heteroatoms. The van der Waals surface area contributed by atoms with Gasteiger partial charge in [-0.05, 0) is 31.0 Å². The van der Waals surface area contributed by atoms with Crippen LogP contribution in [0.3, 0.4) is 0 Å². The molecule has 1 unspecified atom stereocenters. The van der Waals surface area contributed by atoms with Gasteiger partial charge in [0, 0.05) is 31.2 Å². The molecule has 1 atom stereocenters. The molecule has 1 aromatic heterocycles. The van der Waals surface area contributed by atoms with Crippen molar-refractivity contribution in [3.8, 4) is 6.07 Å². The molecule has 6 nitrogen and oxygen atoms in total. The Morgan fingerprint density at radius 1 is 1.38 bits per heavy atom. The number of piperidine rings is 1. The number of fused-ring (bicyclic) bond motifs is 1. The lowest BCUT2D eigenvalue weighted by Gasteiger charge is -2.40. The van der Waals surface area contributed by atoms with E-state index < -0.39 is 0 Å². The minimum absolute atomic E-state index is 0.00423. The Morgan fingerprint density at radius 3 is 3.00 bits per heavy atom. The number of aromatic nitrogens is 1. The molecule has 2 aromatic rings. The van der Waals surface area contributed by atoms with Crippen LogP contribution in [-0.4, -0.2) is 42.0 Å². The number of amides is 1. The number of oxazole rings is 1. The van der Waals surface area contributed by atoms with Gasteiger partial charge in [0.1, 0.15) is 5.52 Å². The normalized spacial score (nSPS) is 21.6. The van der Waals surface area contributed by atoms with Gasteiger partial charge in [0.25, 0.3) is 6.01 Å². The first-order valence-corrected chi connectivity index (χ1v) is 8.51. The minimum atomic E-state index is -0.0583. The molecule has 2 aliphatic rings. The van der Waals surface area contributed by atoms with Crippen LogP contribution >= 0.6 is 11.6 Å². The van der Waals surface area contributed by atoms with Crippen LogP contribution < -0.4 is 4.90 Å². The molecule has 0 spiro atoms. The minimum Gasteiger partial charge on any atom is -0.423 e. The summed E-state index contributed by atoms with van der Waals surface area (Å²) in [6.45, 7) is 2.55. The number of nitriles is 1. The summed E-state index contributed by atoms with van der Waals surface area (Å²) in [6, 6.07) is 8.11. The fourth-order valence-corrected chi connectivity index (χ4v) is 3.54. The van der Waals surface area contributed by atoms with Crippen LogP contribution in [0.1, 0.15) is 12.8 Å². The number of nitrogens with zero attached hydrogens (tertiary/aromatic N) is 4. The Labute approximate surface area is 144 Å². The van der Waals surface area contributed by atoms with Gasteiger partial charge in [0.2, 0.25) is 5.91 Å². The van der Waals surface area contributed by atoms with Gasteiger partial charge in [-0.15, -0.1) is 0 Å². The van der Waals surface area contributed by atoms with Crippen molar-refractivity contribution in [2.24, 2.45) is 11.8 Å². The van der Waals surface area contributed by atoms with E-state index in [0.717, 1.165) is 24.9 Å². The highest BCUT2D eigenvalue weighted by Gasteiger charge is 2.36. The van der Waals surface area contributed by atoms with Crippen molar-refractivity contribution in [3.63, 3.8) is 0 Å². The van der Waals surface area contributed by atoms with E-state index in [9.17, 15) is 4.79 Å². The van der Waals surface area contributed by atoms with E-state index in [2.05, 4.69) is 11.1 Å². The summed E-state index contributed by atoms with van der Waals surface area (Å²) >= 11 is 5.99. The number of carbonyl (C=O) groups is 1. The van der Waals surface area contributed by atoms with Crippen LogP contribution in [0.4, 0.5) is 6.01 Å². The molecule has 0 saturated carbocycles. The highest BCUT2D eigenvalue weighted by molar-refractivity contribution is 6.31. The summed E-state index contributed by atoms with van der Waals surface area (Å²) in [6.07, 6.45) is 1.79. The van der Waals surface area contributed by atoms with Crippen molar-refractivity contribution in [1.82, 2.24) is 9.88 Å². The predicted molar refractivity (Wildman–Crippen MR) is 89.6 cm³/mol. The van der Waals surface area contributed by atoms with Crippen molar-refractivity contribution < 1.29 is 9.21 Å². The Balaban J connectivity index is 1.48. The van der Waals surface area contributed by atoms with Crippen LogP contribution in [-0.2, 0) is 4.79 Å². The molecule has 2 saturated heterocycles. The number of likely N-dealkylation sites (tertiary alicyclic amines) is 1. The molecule has 124 valence electrons. The average molecular weight is 345 g/mol. The van der Waals surface area contributed by atoms with Gasteiger partial charge < -0.3 is 14.2 Å². The van der Waals surface area contributed by atoms with Crippen LogP contribution in [0.25, 0.3) is 11.1 Å². The van der Waals surface area contributed by atoms with Gasteiger partial charge in [-0.1, -0.05) is 11.6 Å². The van der Waals surface area contributed by atoms with Gasteiger partial charge >= 0.3 is 0 Å². The van der Waals surface area contributed by atoms with E-state index in [1.807, 2.05) is 11.0 Å². The molecule has 0 aliphatic carbocycles. The summed E-state index contributed by atoms with van der Waals surface area (Å²) in [5.74, 6) is 0.0813. The zero-order valence-corrected chi connectivity index (χ0v) is 13.9. The number of benzene rings is 1. The molecule has 1 aromatic carbocycles. The van der Waals surface area contributed by atoms with Gasteiger partial charge in [0.15, 0.2) is 5.58 Å². The summed E-state index contributed by atoms with van der Waals surface area (Å²) in [5.41, 5.74) is 1.42. The standard InChI is InChI=1S/C17H17ClN4O2/c18-13-3-4-15-14(6-13)20-17(24-15)21-5-1-2-12(10-21)16(23)22-8-11(7-19)9-22/h3-4,6,11-12H,1-2,5,8-10H2. The smallest absolute Gasteiger partial charge is 0.298 e. The second-order valence-corrected chi connectivity index (χ2v) is 6.90. The van der Waals surface area contributed by atoms with Crippen molar-refractivity contribution in [2.75, 3.05) is 31.1 Å². The van der Waals surface area contributed by atoms with Crippen molar-refractivity contribution in [3.05, 3.63) is 23.2 Å². The lowest BCUT2D eigenvalue weighted by molar-refractivity contribution is -0.141. The van der Waals surface area contributed by atoms with E-state index in [4.69, 9.17) is 21.3 Å². The van der Waals surface area contributed by atoms with Crippen LogP contribution in [0.5, 0.6) is 0 Å². The lowest BCUT2D eigenvalue weighted by Crippen LogP contribution is -2.54. The maximum atomic E-state index is 12.6. The first-order chi connectivity index (χ1) is 11.6. The van der Waals surface area contributed by atoms with Crippen molar-refractivity contribution in [1.29, 1.82) is 5.26 Å². The Hall–Kier alpha value is -2.26. The zero-order chi connectivity index (χ0) is 16.7. The van der Waals surface area contributed by atoms with Crippen LogP contribution in [0, 0.1) is 23.2 Å². The van der Waals surface area contributed by atoms with Gasteiger partial charge in [0.05, 0.1) is 17.9 Å². The molecule has 3 heterocycles. The largest absolute Gasteiger partial charge is 0.423 e. The molecule has 0 N–H and O–H groups in total. The summed E-state index contributed by atoms with van der Waals surface area (Å²) in [4.78, 5) is 20.9. The second kappa shape index (κ2) is 5.99. The number of hydrogen-bond acceptors (Lipinski definition) is 5. The SMILES string of the molecule is N#CC1CN(C(=O)C2CCCN(c3nc4cc(Cl)ccc4o3)C2)C1. The summed E-state index contributed by atoms with van der Waals surface area (Å²) in [5, 5.41) is 9.47. The number of carbonyl (C=O) groups excluding carboxylic acids is 1. The predicted octanol–water partition coefficient (Wildman–Crippen LogP) is 2.68. The first kappa shape index (κ1) is 15.3. The van der Waals surface area contributed by atoms with Crippen LogP contribution in [0.15, 0.2) is 22.6 Å². The molecular formula is C17H17ClN4O2. The molecule has 0 bridgehead atoms. The second-order valence-electron chi connectivity index (χ2n) is 6.46. The topological polar surface area (TPSA) is 73.4 Å². The highest BCUT2D eigenvalue weighted by atomic mass is 35.5. The van der Waals surface area contributed by atoms with E-state index in [-0.39, 0.29) is 17.7 Å². The lowest BCUT2D eigenvalue weighted by atomic mass is 9.93. The average Bonchev–Trinajstić information content (AvgIpc) is 2.97. The van der Waals surface area contributed by atoms with Crippen LogP contribution in [0.2, 0.25) is 5.02 Å². The van der Waals surface area contributed by atoms with Crippen molar-refractivity contribution >= 4 is 34.6 Å². The molecule has 0 radical (unpaired) electrons. The maximum absolute atomic E-state index is 12.6. The first-order valence-electron chi connectivity index (χ1n) is 8.13. The van der Waals surface area contributed by atoms with Gasteiger partial charge in [-0.2, -0.15) is 10.2 Å². The Morgan fingerprint density at radius 2 is 2.21 bits per heavy atom. The van der Waals surface area contributed by atoms with Gasteiger partial charge in [-0.3, -0.25) is 4.79 Å². The third-order valence-electron chi connectivity index (χ3n) is 4.76. The maximum Gasteiger partial charge on any atom is 0.298 e. The number of rotatable bonds is 2. The molecule has 1 amide bonds. The summed E-state index contributed by atoms with van der Waals surface area (Å²) < 4.78 is 5.81. The third kappa shape index (κ3) is 2.69. The quantitative estimate of drug-likeness (QED) is 0.837. The van der Waals surface area contributed by atoms with E-state index in [1.54, 1.807) is 17.0 Å². The third-order valence-corrected chi connectivity index (χ3v) is 4.99. The zero-order valence-electron chi connectivity index (χ0n) is 13.1. The molecule has 24 heavy (non-hydrogen) atoms. The molecule has 2 fully saturated rings. The van der Waals surface area contributed by atoms with E-state index >= 15 is 0 Å². The molecule has 4 rings (SSSR count). The monoisotopic (exact) mass is 344 g/mol. The fourth-order valence-electron chi connectivity index (χ4n) is 3.37.